The van der Waals surface area contributed by atoms with Crippen LogP contribution in [0.1, 0.15) is 57.3 Å². The molecule has 0 fully saturated rings. The van der Waals surface area contributed by atoms with E-state index >= 15 is 0 Å². The number of hydrogen-bond donors (Lipinski definition) is 1. The lowest BCUT2D eigenvalue weighted by Crippen LogP contribution is -2.26. The Hall–Kier alpha value is -2.25. The first kappa shape index (κ1) is 15.1. The van der Waals surface area contributed by atoms with E-state index in [4.69, 9.17) is 4.52 Å². The molecule has 0 aliphatic rings. The van der Waals surface area contributed by atoms with Crippen LogP contribution in [0.25, 0.3) is 0 Å². The zero-order chi connectivity index (χ0) is 15.2. The molecule has 8 heteroatoms. The fraction of sp³-hybridized carbons (Fsp3) is 0.615. The number of aryl methyl sites for hydroxylation is 1. The molecule has 2 rings (SSSR count). The highest BCUT2D eigenvalue weighted by molar-refractivity contribution is 5.76. The van der Waals surface area contributed by atoms with E-state index in [-0.39, 0.29) is 17.9 Å². The van der Waals surface area contributed by atoms with Gasteiger partial charge in [-0.05, 0) is 13.3 Å². The molecule has 0 aromatic carbocycles. The molecule has 0 aliphatic carbocycles. The molecule has 2 aromatic rings. The molecule has 0 bridgehead atoms. The number of aromatic nitrogens is 5. The first-order valence-electron chi connectivity index (χ1n) is 7.01. The van der Waals surface area contributed by atoms with Crippen molar-refractivity contribution in [3.05, 3.63) is 24.4 Å². The van der Waals surface area contributed by atoms with Crippen LogP contribution in [0.5, 0.6) is 0 Å². The number of rotatable bonds is 7. The second-order valence-electron chi connectivity index (χ2n) is 5.20. The molecule has 0 radical (unpaired) electrons. The molecule has 2 aromatic heterocycles. The summed E-state index contributed by atoms with van der Waals surface area (Å²) in [7, 11) is 0. The van der Waals surface area contributed by atoms with Crippen molar-refractivity contribution in [2.45, 2.75) is 52.1 Å². The van der Waals surface area contributed by atoms with Crippen molar-refractivity contribution in [1.82, 2.24) is 30.2 Å². The SMILES string of the molecule is CC(C)c1noc(C(C)NC(=O)CCCn2cncn2)n1. The van der Waals surface area contributed by atoms with Gasteiger partial charge in [-0.1, -0.05) is 19.0 Å². The van der Waals surface area contributed by atoms with E-state index in [1.165, 1.54) is 6.33 Å². The molecule has 0 saturated carbocycles. The van der Waals surface area contributed by atoms with Crippen LogP contribution in [-0.4, -0.2) is 30.8 Å². The molecule has 0 aliphatic heterocycles. The van der Waals surface area contributed by atoms with E-state index < -0.39 is 0 Å². The molecule has 114 valence electrons. The lowest BCUT2D eigenvalue weighted by molar-refractivity contribution is -0.122. The van der Waals surface area contributed by atoms with Gasteiger partial charge in [0.25, 0.3) is 0 Å². The van der Waals surface area contributed by atoms with Crippen molar-refractivity contribution >= 4 is 5.91 Å². The van der Waals surface area contributed by atoms with Gasteiger partial charge in [0.15, 0.2) is 5.82 Å². The van der Waals surface area contributed by atoms with E-state index in [1.807, 2.05) is 20.8 Å². The molecule has 2 heterocycles. The summed E-state index contributed by atoms with van der Waals surface area (Å²) < 4.78 is 6.85. The van der Waals surface area contributed by atoms with Crippen LogP contribution in [0.15, 0.2) is 17.2 Å². The molecule has 1 amide bonds. The third-order valence-corrected chi connectivity index (χ3v) is 2.98. The van der Waals surface area contributed by atoms with Gasteiger partial charge in [-0.15, -0.1) is 0 Å². The van der Waals surface area contributed by atoms with E-state index in [0.29, 0.717) is 31.1 Å². The number of amides is 1. The second kappa shape index (κ2) is 6.96. The summed E-state index contributed by atoms with van der Waals surface area (Å²) in [5.41, 5.74) is 0. The molecule has 1 atom stereocenters. The van der Waals surface area contributed by atoms with E-state index in [2.05, 4.69) is 25.5 Å². The molecule has 0 spiro atoms. The van der Waals surface area contributed by atoms with Gasteiger partial charge in [-0.2, -0.15) is 10.1 Å². The van der Waals surface area contributed by atoms with Gasteiger partial charge in [0.2, 0.25) is 11.8 Å². The standard InChI is InChI=1S/C13H20N6O2/c1-9(2)12-17-13(21-18-12)10(3)16-11(20)5-4-6-19-8-14-7-15-19/h7-10H,4-6H2,1-3H3,(H,16,20). The molecular weight excluding hydrogens is 272 g/mol. The zero-order valence-electron chi connectivity index (χ0n) is 12.5. The summed E-state index contributed by atoms with van der Waals surface area (Å²) in [6.45, 7) is 6.47. The molecule has 0 saturated heterocycles. The predicted octanol–water partition coefficient (Wildman–Crippen LogP) is 1.44. The highest BCUT2D eigenvalue weighted by Gasteiger charge is 2.17. The maximum Gasteiger partial charge on any atom is 0.248 e. The minimum absolute atomic E-state index is 0.0492. The van der Waals surface area contributed by atoms with Gasteiger partial charge in [-0.3, -0.25) is 9.48 Å². The van der Waals surface area contributed by atoms with Gasteiger partial charge >= 0.3 is 0 Å². The number of hydrogen-bond acceptors (Lipinski definition) is 6. The fourth-order valence-corrected chi connectivity index (χ4v) is 1.78. The van der Waals surface area contributed by atoms with Crippen molar-refractivity contribution in [3.8, 4) is 0 Å². The maximum atomic E-state index is 11.8. The average Bonchev–Trinajstić information content (AvgIpc) is 3.09. The third kappa shape index (κ3) is 4.37. The minimum Gasteiger partial charge on any atom is -0.345 e. The number of carbonyl (C=O) groups excluding carboxylic acids is 1. The first-order valence-corrected chi connectivity index (χ1v) is 7.01. The summed E-state index contributed by atoms with van der Waals surface area (Å²) >= 11 is 0. The van der Waals surface area contributed by atoms with Crippen molar-refractivity contribution < 1.29 is 9.32 Å². The summed E-state index contributed by atoms with van der Waals surface area (Å²) in [6.07, 6.45) is 4.22. The summed E-state index contributed by atoms with van der Waals surface area (Å²) in [5, 5.41) is 10.7. The van der Waals surface area contributed by atoms with E-state index in [0.717, 1.165) is 0 Å². The lowest BCUT2D eigenvalue weighted by Gasteiger charge is -2.09. The van der Waals surface area contributed by atoms with Crippen molar-refractivity contribution in [3.63, 3.8) is 0 Å². The third-order valence-electron chi connectivity index (χ3n) is 2.98. The highest BCUT2D eigenvalue weighted by Crippen LogP contribution is 2.14. The van der Waals surface area contributed by atoms with Crippen LogP contribution in [0, 0.1) is 0 Å². The molecule has 8 nitrogen and oxygen atoms in total. The Kier molecular flexibility index (Phi) is 5.02. The molecular formula is C13H20N6O2. The van der Waals surface area contributed by atoms with E-state index in [1.54, 1.807) is 11.0 Å². The normalized spacial score (nSPS) is 12.6. The molecule has 1 N–H and O–H groups in total. The van der Waals surface area contributed by atoms with Gasteiger partial charge < -0.3 is 9.84 Å². The second-order valence-corrected chi connectivity index (χ2v) is 5.20. The van der Waals surface area contributed by atoms with Crippen LogP contribution >= 0.6 is 0 Å². The summed E-state index contributed by atoms with van der Waals surface area (Å²) in [4.78, 5) is 20.0. The van der Waals surface area contributed by atoms with Gasteiger partial charge in [-0.25, -0.2) is 4.98 Å². The van der Waals surface area contributed by atoms with Gasteiger partial charge in [0.05, 0.1) is 0 Å². The quantitative estimate of drug-likeness (QED) is 0.829. The Morgan fingerprint density at radius 1 is 1.43 bits per heavy atom. The first-order chi connectivity index (χ1) is 10.1. The number of nitrogens with zero attached hydrogens (tertiary/aromatic N) is 5. The van der Waals surface area contributed by atoms with Crippen LogP contribution in [0.4, 0.5) is 0 Å². The highest BCUT2D eigenvalue weighted by atomic mass is 16.5. The molecule has 21 heavy (non-hydrogen) atoms. The van der Waals surface area contributed by atoms with Gasteiger partial charge in [0.1, 0.15) is 18.7 Å². The number of nitrogens with one attached hydrogen (secondary N) is 1. The monoisotopic (exact) mass is 292 g/mol. The Bertz CT molecular complexity index is 563. The van der Waals surface area contributed by atoms with Crippen LogP contribution in [-0.2, 0) is 11.3 Å². The maximum absolute atomic E-state index is 11.8. The van der Waals surface area contributed by atoms with Crippen LogP contribution < -0.4 is 5.32 Å². The van der Waals surface area contributed by atoms with Crippen molar-refractivity contribution in [2.75, 3.05) is 0 Å². The topological polar surface area (TPSA) is 98.7 Å². The number of carbonyl (C=O) groups is 1. The summed E-state index contributed by atoms with van der Waals surface area (Å²) in [5.74, 6) is 1.24. The average molecular weight is 292 g/mol. The molecule has 1 unspecified atom stereocenters. The Balaban J connectivity index is 1.75. The largest absolute Gasteiger partial charge is 0.345 e. The zero-order valence-corrected chi connectivity index (χ0v) is 12.5. The van der Waals surface area contributed by atoms with Crippen LogP contribution in [0.3, 0.4) is 0 Å². The van der Waals surface area contributed by atoms with Gasteiger partial charge in [0, 0.05) is 18.9 Å². The minimum atomic E-state index is -0.288. The van der Waals surface area contributed by atoms with Crippen LogP contribution in [0.2, 0.25) is 0 Å². The lowest BCUT2D eigenvalue weighted by atomic mass is 10.2. The Morgan fingerprint density at radius 3 is 2.86 bits per heavy atom. The van der Waals surface area contributed by atoms with Crippen molar-refractivity contribution in [1.29, 1.82) is 0 Å². The van der Waals surface area contributed by atoms with Crippen molar-refractivity contribution in [2.24, 2.45) is 0 Å². The smallest absolute Gasteiger partial charge is 0.248 e. The Labute approximate surface area is 122 Å². The fourth-order valence-electron chi connectivity index (χ4n) is 1.78. The summed E-state index contributed by atoms with van der Waals surface area (Å²) in [6, 6.07) is -0.288. The predicted molar refractivity (Wildman–Crippen MR) is 74.2 cm³/mol. The van der Waals surface area contributed by atoms with E-state index in [9.17, 15) is 4.79 Å². The Morgan fingerprint density at radius 2 is 2.24 bits per heavy atom.